The smallest absolute Gasteiger partial charge is 0.394 e. The predicted octanol–water partition coefficient (Wildman–Crippen LogP) is -2.74. The molecule has 0 saturated carbocycles. The Morgan fingerprint density at radius 1 is 1.50 bits per heavy atom. The van der Waals surface area contributed by atoms with Crippen molar-refractivity contribution in [3.05, 3.63) is 38.0 Å². The van der Waals surface area contributed by atoms with Crippen LogP contribution in [0.1, 0.15) is 6.23 Å². The Hall–Kier alpha value is -2.24. The Balaban J connectivity index is 2.32. The highest BCUT2D eigenvalue weighted by Crippen LogP contribution is 2.30. The van der Waals surface area contributed by atoms with E-state index in [2.05, 4.69) is 4.84 Å². The average molecular weight is 290 g/mol. The van der Waals surface area contributed by atoms with E-state index < -0.39 is 47.5 Å². The number of nitrogens with one attached hydrogen (secondary N) is 1. The molecule has 1 aliphatic rings. The minimum absolute atomic E-state index is 0.621. The first kappa shape index (κ1) is 14.2. The summed E-state index contributed by atoms with van der Waals surface area (Å²) in [6.45, 7) is -0.621. The van der Waals surface area contributed by atoms with Crippen LogP contribution in [0.25, 0.3) is 0 Å². The SMILES string of the molecule is O=c1ccn([C@@H]2O[C@H](CO)C(O[N+](=O)O)[C@@H]2O)c(=O)[nH]1. The number of aliphatic hydroxyl groups is 2. The van der Waals surface area contributed by atoms with Crippen molar-refractivity contribution in [2.45, 2.75) is 24.5 Å². The second-order valence-corrected chi connectivity index (χ2v) is 4.06. The van der Waals surface area contributed by atoms with E-state index >= 15 is 0 Å². The first-order valence-electron chi connectivity index (χ1n) is 5.53. The first-order valence-corrected chi connectivity index (χ1v) is 5.53. The van der Waals surface area contributed by atoms with Crippen LogP contribution in [0, 0.1) is 4.91 Å². The first-order chi connectivity index (χ1) is 9.43. The lowest BCUT2D eigenvalue weighted by molar-refractivity contribution is -0.982. The van der Waals surface area contributed by atoms with Crippen molar-refractivity contribution in [1.29, 1.82) is 0 Å². The lowest BCUT2D eigenvalue weighted by Crippen LogP contribution is -2.40. The molecule has 4 N–H and O–H groups in total. The summed E-state index contributed by atoms with van der Waals surface area (Å²) in [6.07, 6.45) is -4.26. The number of aliphatic hydroxyl groups excluding tert-OH is 2. The normalized spacial score (nSPS) is 29.3. The van der Waals surface area contributed by atoms with E-state index in [9.17, 15) is 19.6 Å². The van der Waals surface area contributed by atoms with Crippen LogP contribution in [-0.2, 0) is 9.57 Å². The molecule has 20 heavy (non-hydrogen) atoms. The molecule has 11 nitrogen and oxygen atoms in total. The van der Waals surface area contributed by atoms with Gasteiger partial charge in [0.05, 0.1) is 6.61 Å². The van der Waals surface area contributed by atoms with Gasteiger partial charge in [-0.2, -0.15) is 4.84 Å². The van der Waals surface area contributed by atoms with Gasteiger partial charge >= 0.3 is 10.8 Å². The second-order valence-electron chi connectivity index (χ2n) is 4.06. The van der Waals surface area contributed by atoms with Gasteiger partial charge in [-0.1, -0.05) is 0 Å². The molecule has 1 unspecified atom stereocenters. The molecule has 110 valence electrons. The van der Waals surface area contributed by atoms with Gasteiger partial charge in [0.15, 0.2) is 6.23 Å². The molecule has 0 bridgehead atoms. The minimum Gasteiger partial charge on any atom is -0.394 e. The summed E-state index contributed by atoms with van der Waals surface area (Å²) < 4.78 is 6.05. The molecule has 2 rings (SSSR count). The van der Waals surface area contributed by atoms with Crippen molar-refractivity contribution < 1.29 is 30.1 Å². The molecule has 11 heteroatoms. The zero-order valence-corrected chi connectivity index (χ0v) is 9.95. The monoisotopic (exact) mass is 290 g/mol. The molecule has 1 aliphatic heterocycles. The third-order valence-electron chi connectivity index (χ3n) is 2.83. The van der Waals surface area contributed by atoms with Gasteiger partial charge in [-0.3, -0.25) is 14.3 Å². The van der Waals surface area contributed by atoms with Gasteiger partial charge in [0.2, 0.25) is 6.10 Å². The molecule has 1 fully saturated rings. The van der Waals surface area contributed by atoms with E-state index in [0.717, 1.165) is 16.8 Å². The molecular formula is C9H12N3O8+. The van der Waals surface area contributed by atoms with Gasteiger partial charge in [0, 0.05) is 12.3 Å². The standard InChI is InChI=1S/C9H11N3O8/c13-3-4-7(20-12(17)18)6(15)8(19-4)11-2-1-5(14)10-9(11)16/h1-2,4,6-8,13,15H,3H2,(H-,10,14,16,17,18)/p+1/t4-,6+,7?,8-/m1/s1. The van der Waals surface area contributed by atoms with Crippen LogP contribution in [0.2, 0.25) is 0 Å². The summed E-state index contributed by atoms with van der Waals surface area (Å²) in [5.41, 5.74) is -1.48. The van der Waals surface area contributed by atoms with Gasteiger partial charge in [-0.15, -0.1) is 0 Å². The van der Waals surface area contributed by atoms with Crippen LogP contribution in [-0.4, -0.2) is 55.0 Å². The third-order valence-corrected chi connectivity index (χ3v) is 2.83. The lowest BCUT2D eigenvalue weighted by Gasteiger charge is -2.16. The molecule has 0 radical (unpaired) electrons. The Bertz CT molecular complexity index is 610. The average Bonchev–Trinajstić information content (AvgIpc) is 2.67. The highest BCUT2D eigenvalue weighted by molar-refractivity contribution is 4.93. The van der Waals surface area contributed by atoms with Crippen molar-refractivity contribution in [3.8, 4) is 0 Å². The van der Waals surface area contributed by atoms with Crippen LogP contribution in [0.5, 0.6) is 0 Å². The molecule has 1 saturated heterocycles. The van der Waals surface area contributed by atoms with Crippen molar-refractivity contribution in [2.24, 2.45) is 0 Å². The van der Waals surface area contributed by atoms with Gasteiger partial charge in [-0.05, 0) is 0 Å². The summed E-state index contributed by atoms with van der Waals surface area (Å²) in [6, 6.07) is 1.03. The summed E-state index contributed by atoms with van der Waals surface area (Å²) in [4.78, 5) is 39.3. The van der Waals surface area contributed by atoms with Crippen molar-refractivity contribution >= 4 is 0 Å². The van der Waals surface area contributed by atoms with E-state index in [-0.39, 0.29) is 0 Å². The maximum absolute atomic E-state index is 11.6. The van der Waals surface area contributed by atoms with Crippen LogP contribution >= 0.6 is 0 Å². The van der Waals surface area contributed by atoms with Crippen molar-refractivity contribution in [3.63, 3.8) is 0 Å². The molecule has 2 heterocycles. The minimum atomic E-state index is -1.53. The number of hydrogen-bond donors (Lipinski definition) is 4. The maximum atomic E-state index is 11.6. The maximum Gasteiger partial charge on any atom is 0.475 e. The number of H-pyrrole nitrogens is 1. The Kier molecular flexibility index (Phi) is 3.83. The number of aromatic amines is 1. The number of rotatable bonds is 4. The molecule has 1 aromatic rings. The van der Waals surface area contributed by atoms with Gasteiger partial charge in [0.1, 0.15) is 17.1 Å². The lowest BCUT2D eigenvalue weighted by atomic mass is 10.1. The van der Waals surface area contributed by atoms with Gasteiger partial charge < -0.3 is 14.9 Å². The van der Waals surface area contributed by atoms with Crippen LogP contribution in [0.15, 0.2) is 21.9 Å². The Labute approximate surface area is 110 Å². The fourth-order valence-corrected chi connectivity index (χ4v) is 1.96. The number of hydrogen-bond acceptors (Lipinski definition) is 7. The second kappa shape index (κ2) is 5.40. The molecular weight excluding hydrogens is 278 g/mol. The Morgan fingerprint density at radius 2 is 2.20 bits per heavy atom. The van der Waals surface area contributed by atoms with Gasteiger partial charge in [-0.25, -0.2) is 10.0 Å². The number of aromatic nitrogens is 2. The topological polar surface area (TPSA) is 154 Å². The molecule has 0 spiro atoms. The summed E-state index contributed by atoms with van der Waals surface area (Å²) in [7, 11) is 0. The van der Waals surface area contributed by atoms with E-state index in [1.165, 1.54) is 0 Å². The van der Waals surface area contributed by atoms with E-state index in [4.69, 9.17) is 15.1 Å². The van der Waals surface area contributed by atoms with Crippen LogP contribution in [0.3, 0.4) is 0 Å². The quantitative estimate of drug-likeness (QED) is 0.435. The Morgan fingerprint density at radius 3 is 2.75 bits per heavy atom. The largest absolute Gasteiger partial charge is 0.475 e. The summed E-state index contributed by atoms with van der Waals surface area (Å²) in [5.74, 6) is 0. The van der Waals surface area contributed by atoms with Crippen molar-refractivity contribution in [1.82, 2.24) is 9.55 Å². The molecule has 0 aromatic carbocycles. The van der Waals surface area contributed by atoms with Crippen LogP contribution in [0.4, 0.5) is 0 Å². The number of nitrogens with zero attached hydrogens (tertiary/aromatic N) is 2. The zero-order chi connectivity index (χ0) is 14.9. The van der Waals surface area contributed by atoms with E-state index in [0.29, 0.717) is 0 Å². The molecule has 1 aromatic heterocycles. The predicted molar refractivity (Wildman–Crippen MR) is 58.6 cm³/mol. The summed E-state index contributed by atoms with van der Waals surface area (Å²) >= 11 is 0. The molecule has 0 aliphatic carbocycles. The van der Waals surface area contributed by atoms with Gasteiger partial charge in [0.25, 0.3) is 5.56 Å². The number of ether oxygens (including phenoxy) is 1. The van der Waals surface area contributed by atoms with Crippen LogP contribution < -0.4 is 11.2 Å². The van der Waals surface area contributed by atoms with E-state index in [1.807, 2.05) is 4.98 Å². The van der Waals surface area contributed by atoms with Crippen molar-refractivity contribution in [2.75, 3.05) is 6.61 Å². The molecule has 4 atom stereocenters. The highest BCUT2D eigenvalue weighted by Gasteiger charge is 2.50. The zero-order valence-electron chi connectivity index (χ0n) is 9.95. The fourth-order valence-electron chi connectivity index (χ4n) is 1.96. The fraction of sp³-hybridized carbons (Fsp3) is 0.556. The highest BCUT2D eigenvalue weighted by atomic mass is 17.0. The van der Waals surface area contributed by atoms with E-state index in [1.54, 1.807) is 0 Å². The third kappa shape index (κ3) is 2.54. The molecule has 0 amide bonds. The summed E-state index contributed by atoms with van der Waals surface area (Å²) in [5, 5.41) is 26.6.